The first-order valence-electron chi connectivity index (χ1n) is 10.1. The van der Waals surface area contributed by atoms with Crippen LogP contribution in [-0.4, -0.2) is 84.3 Å². The number of rotatable bonds is 4. The Labute approximate surface area is 175 Å². The van der Waals surface area contributed by atoms with Crippen molar-refractivity contribution in [3.8, 4) is 0 Å². The predicted octanol–water partition coefficient (Wildman–Crippen LogP) is 0.901. The summed E-state index contributed by atoms with van der Waals surface area (Å²) in [6.45, 7) is 6.58. The summed E-state index contributed by atoms with van der Waals surface area (Å²) in [7, 11) is 0. The van der Waals surface area contributed by atoms with Gasteiger partial charge in [0.25, 0.3) is 5.91 Å². The van der Waals surface area contributed by atoms with Crippen LogP contribution in [0.4, 0.5) is 10.5 Å². The number of nitrogens with zero attached hydrogens (tertiary/aromatic N) is 3. The van der Waals surface area contributed by atoms with Crippen LogP contribution in [-0.2, 0) is 9.59 Å². The Bertz CT molecular complexity index is 809. The number of carbonyl (C=O) groups is 4. The molecule has 160 valence electrons. The summed E-state index contributed by atoms with van der Waals surface area (Å²) in [5.74, 6) is -1.14. The molecule has 2 saturated heterocycles. The molecule has 0 aliphatic carbocycles. The average Bonchev–Trinajstić information content (AvgIpc) is 3.32. The van der Waals surface area contributed by atoms with E-state index in [1.165, 1.54) is 4.90 Å². The lowest BCUT2D eigenvalue weighted by Gasteiger charge is -2.34. The summed E-state index contributed by atoms with van der Waals surface area (Å²) in [6.07, 6.45) is 3.48. The fraction of sp³-hybridized carbons (Fsp3) is 0.429. The molecule has 0 atom stereocenters. The molecule has 1 aromatic rings. The maximum Gasteiger partial charge on any atom is 0.321 e. The number of anilines is 1. The molecule has 5 amide bonds. The number of benzene rings is 1. The second-order valence-corrected chi connectivity index (χ2v) is 7.28. The molecule has 1 aromatic carbocycles. The molecule has 2 heterocycles. The van der Waals surface area contributed by atoms with Gasteiger partial charge in [-0.3, -0.25) is 14.4 Å². The number of hydrogen-bond acceptors (Lipinski definition) is 4. The molecule has 3 rings (SSSR count). The van der Waals surface area contributed by atoms with Crippen LogP contribution in [0.25, 0.3) is 0 Å². The predicted molar refractivity (Wildman–Crippen MR) is 112 cm³/mol. The van der Waals surface area contributed by atoms with Gasteiger partial charge in [-0.1, -0.05) is 6.08 Å². The standard InChI is InChI=1S/C21H27N5O4/c1-2-9-22-18(27)16-5-7-17(8-6-16)23-21(30)26-14-12-25(13-15-26)20(29)19(28)24-10-3-4-11-24/h2,5-8H,1,3-4,9-15H2,(H,22,27)(H,23,30). The maximum absolute atomic E-state index is 12.5. The van der Waals surface area contributed by atoms with E-state index in [0.29, 0.717) is 57.1 Å². The van der Waals surface area contributed by atoms with Crippen molar-refractivity contribution < 1.29 is 19.2 Å². The smallest absolute Gasteiger partial charge is 0.321 e. The molecule has 0 bridgehead atoms. The van der Waals surface area contributed by atoms with Gasteiger partial charge in [-0.05, 0) is 37.1 Å². The van der Waals surface area contributed by atoms with Crippen LogP contribution in [0.2, 0.25) is 0 Å². The molecule has 9 nitrogen and oxygen atoms in total. The van der Waals surface area contributed by atoms with Crippen molar-refractivity contribution in [2.24, 2.45) is 0 Å². The Morgan fingerprint density at radius 1 is 0.833 bits per heavy atom. The van der Waals surface area contributed by atoms with E-state index in [0.717, 1.165) is 12.8 Å². The Balaban J connectivity index is 1.47. The molecular weight excluding hydrogens is 386 g/mol. The lowest BCUT2D eigenvalue weighted by molar-refractivity contribution is -0.152. The van der Waals surface area contributed by atoms with Crippen molar-refractivity contribution in [1.82, 2.24) is 20.0 Å². The van der Waals surface area contributed by atoms with Gasteiger partial charge in [-0.15, -0.1) is 6.58 Å². The lowest BCUT2D eigenvalue weighted by atomic mass is 10.2. The molecule has 9 heteroatoms. The van der Waals surface area contributed by atoms with E-state index < -0.39 is 11.8 Å². The number of urea groups is 1. The lowest BCUT2D eigenvalue weighted by Crippen LogP contribution is -2.54. The van der Waals surface area contributed by atoms with Crippen LogP contribution in [0.1, 0.15) is 23.2 Å². The minimum Gasteiger partial charge on any atom is -0.349 e. The molecule has 2 aliphatic rings. The van der Waals surface area contributed by atoms with E-state index in [1.807, 2.05) is 0 Å². The molecule has 2 fully saturated rings. The highest BCUT2D eigenvalue weighted by Crippen LogP contribution is 2.13. The van der Waals surface area contributed by atoms with E-state index in [1.54, 1.807) is 40.1 Å². The van der Waals surface area contributed by atoms with Crippen LogP contribution in [0.5, 0.6) is 0 Å². The van der Waals surface area contributed by atoms with Crippen molar-refractivity contribution in [3.63, 3.8) is 0 Å². The SMILES string of the molecule is C=CCNC(=O)c1ccc(NC(=O)N2CCN(C(=O)C(=O)N3CCCC3)CC2)cc1. The van der Waals surface area contributed by atoms with Crippen LogP contribution in [0.3, 0.4) is 0 Å². The van der Waals surface area contributed by atoms with Crippen molar-refractivity contribution >= 4 is 29.4 Å². The first-order valence-corrected chi connectivity index (χ1v) is 10.1. The zero-order chi connectivity index (χ0) is 21.5. The monoisotopic (exact) mass is 413 g/mol. The number of piperazine rings is 1. The molecular formula is C21H27N5O4. The van der Waals surface area contributed by atoms with Crippen molar-refractivity contribution in [1.29, 1.82) is 0 Å². The molecule has 2 aliphatic heterocycles. The van der Waals surface area contributed by atoms with E-state index >= 15 is 0 Å². The zero-order valence-corrected chi connectivity index (χ0v) is 16.9. The Morgan fingerprint density at radius 2 is 1.37 bits per heavy atom. The van der Waals surface area contributed by atoms with E-state index in [9.17, 15) is 19.2 Å². The first-order chi connectivity index (χ1) is 14.5. The minimum atomic E-state index is -0.484. The summed E-state index contributed by atoms with van der Waals surface area (Å²) in [4.78, 5) is 53.7. The third-order valence-electron chi connectivity index (χ3n) is 5.24. The summed E-state index contributed by atoms with van der Waals surface area (Å²) in [5, 5.41) is 5.48. The highest BCUT2D eigenvalue weighted by molar-refractivity contribution is 6.35. The topological polar surface area (TPSA) is 102 Å². The third-order valence-corrected chi connectivity index (χ3v) is 5.24. The van der Waals surface area contributed by atoms with Crippen molar-refractivity contribution in [3.05, 3.63) is 42.5 Å². The fourth-order valence-electron chi connectivity index (χ4n) is 3.48. The number of amides is 5. The molecule has 30 heavy (non-hydrogen) atoms. The van der Waals surface area contributed by atoms with E-state index in [2.05, 4.69) is 17.2 Å². The van der Waals surface area contributed by atoms with Crippen LogP contribution >= 0.6 is 0 Å². The van der Waals surface area contributed by atoms with Crippen LogP contribution in [0.15, 0.2) is 36.9 Å². The largest absolute Gasteiger partial charge is 0.349 e. The first kappa shape index (κ1) is 21.4. The van der Waals surface area contributed by atoms with Gasteiger partial charge < -0.3 is 25.3 Å². The highest BCUT2D eigenvalue weighted by Gasteiger charge is 2.31. The summed E-state index contributed by atoms with van der Waals surface area (Å²) >= 11 is 0. The maximum atomic E-state index is 12.5. The van der Waals surface area contributed by atoms with Crippen LogP contribution in [0, 0.1) is 0 Å². The Kier molecular flexibility index (Phi) is 7.05. The average molecular weight is 413 g/mol. The molecule has 0 saturated carbocycles. The van der Waals surface area contributed by atoms with E-state index in [-0.39, 0.29) is 11.9 Å². The number of carbonyl (C=O) groups excluding carboxylic acids is 4. The van der Waals surface area contributed by atoms with Gasteiger partial charge in [0, 0.05) is 57.1 Å². The minimum absolute atomic E-state index is 0.211. The second kappa shape index (κ2) is 9.91. The van der Waals surface area contributed by atoms with Crippen molar-refractivity contribution in [2.45, 2.75) is 12.8 Å². The van der Waals surface area contributed by atoms with Gasteiger partial charge >= 0.3 is 17.8 Å². The summed E-state index contributed by atoms with van der Waals surface area (Å²) < 4.78 is 0. The Hall–Kier alpha value is -3.36. The second-order valence-electron chi connectivity index (χ2n) is 7.28. The fourth-order valence-corrected chi connectivity index (χ4v) is 3.48. The van der Waals surface area contributed by atoms with Gasteiger partial charge in [0.2, 0.25) is 0 Å². The summed E-state index contributed by atoms with van der Waals surface area (Å²) in [6, 6.07) is 6.31. The molecule has 0 spiro atoms. The van der Waals surface area contributed by atoms with Gasteiger partial charge in [0.1, 0.15) is 0 Å². The number of hydrogen-bond donors (Lipinski definition) is 2. The quantitative estimate of drug-likeness (QED) is 0.566. The van der Waals surface area contributed by atoms with Gasteiger partial charge in [-0.25, -0.2) is 4.79 Å². The van der Waals surface area contributed by atoms with Crippen molar-refractivity contribution in [2.75, 3.05) is 51.1 Å². The third kappa shape index (κ3) is 5.16. The van der Waals surface area contributed by atoms with Crippen LogP contribution < -0.4 is 10.6 Å². The normalized spacial score (nSPS) is 16.2. The Morgan fingerprint density at radius 3 is 1.93 bits per heavy atom. The molecule has 0 aromatic heterocycles. The highest BCUT2D eigenvalue weighted by atomic mass is 16.2. The molecule has 0 unspecified atom stereocenters. The number of nitrogens with one attached hydrogen (secondary N) is 2. The van der Waals surface area contributed by atoms with Gasteiger partial charge in [-0.2, -0.15) is 0 Å². The molecule has 0 radical (unpaired) electrons. The van der Waals surface area contributed by atoms with Gasteiger partial charge in [0.15, 0.2) is 0 Å². The van der Waals surface area contributed by atoms with Gasteiger partial charge in [0.05, 0.1) is 0 Å². The summed E-state index contributed by atoms with van der Waals surface area (Å²) in [5.41, 5.74) is 1.06. The van der Waals surface area contributed by atoms with E-state index in [4.69, 9.17) is 0 Å². The zero-order valence-electron chi connectivity index (χ0n) is 16.9. The molecule has 2 N–H and O–H groups in total. The number of likely N-dealkylation sites (tertiary alicyclic amines) is 1.